The lowest BCUT2D eigenvalue weighted by atomic mass is 9.98. The van der Waals surface area contributed by atoms with Crippen LogP contribution in [0, 0.1) is 0 Å². The van der Waals surface area contributed by atoms with Crippen molar-refractivity contribution >= 4 is 28.9 Å². The lowest BCUT2D eigenvalue weighted by Gasteiger charge is -2.31. The molecule has 0 spiro atoms. The highest BCUT2D eigenvalue weighted by Gasteiger charge is 2.23. The van der Waals surface area contributed by atoms with Crippen LogP contribution in [0.4, 0.5) is 14.5 Å². The molecule has 4 nitrogen and oxygen atoms in total. The van der Waals surface area contributed by atoms with E-state index >= 15 is 0 Å². The number of halogens is 2. The van der Waals surface area contributed by atoms with E-state index in [1.54, 1.807) is 36.4 Å². The molecule has 0 saturated heterocycles. The van der Waals surface area contributed by atoms with E-state index < -0.39 is 5.76 Å². The molecule has 2 aromatic carbocycles. The summed E-state index contributed by atoms with van der Waals surface area (Å²) < 4.78 is 24.7. The molecular weight excluding hydrogens is 382 g/mol. The molecule has 3 rings (SSSR count). The van der Waals surface area contributed by atoms with Crippen molar-refractivity contribution in [1.29, 1.82) is 0 Å². The van der Waals surface area contributed by atoms with Crippen molar-refractivity contribution in [1.82, 2.24) is 4.90 Å². The highest BCUT2D eigenvalue weighted by molar-refractivity contribution is 7.99. The molecule has 0 aliphatic carbocycles. The third kappa shape index (κ3) is 5.33. The predicted octanol–water partition coefficient (Wildman–Crippen LogP) is 4.82. The molecule has 2 N–H and O–H groups in total. The van der Waals surface area contributed by atoms with Gasteiger partial charge in [0.15, 0.2) is 0 Å². The van der Waals surface area contributed by atoms with Crippen molar-refractivity contribution in [3.63, 3.8) is 0 Å². The number of alkyl halides is 2. The maximum atomic E-state index is 12.5. The first-order valence-corrected chi connectivity index (χ1v) is 9.88. The average molecular weight is 404 g/mol. The topological polar surface area (TPSA) is 52.6 Å². The molecule has 1 aliphatic heterocycles. The Morgan fingerprint density at radius 2 is 1.82 bits per heavy atom. The summed E-state index contributed by atoms with van der Waals surface area (Å²) in [5, 5.41) is 12.2. The second-order valence-corrected chi connectivity index (χ2v) is 7.65. The molecule has 0 unspecified atom stereocenters. The van der Waals surface area contributed by atoms with Crippen LogP contribution in [-0.2, 0) is 4.79 Å². The SMILES string of the molecule is C[C@@H](C(=O)Nc1ccc(SC(F)F)cc1)N1CC=C(c2ccc(O)cc2)CC1. The van der Waals surface area contributed by atoms with E-state index in [0.717, 1.165) is 18.5 Å². The number of phenols is 1. The fourth-order valence-corrected chi connectivity index (χ4v) is 3.61. The van der Waals surface area contributed by atoms with E-state index in [9.17, 15) is 18.7 Å². The summed E-state index contributed by atoms with van der Waals surface area (Å²) in [7, 11) is 0. The van der Waals surface area contributed by atoms with Crippen LogP contribution < -0.4 is 5.32 Å². The molecule has 1 heterocycles. The van der Waals surface area contributed by atoms with Crippen LogP contribution in [0.15, 0.2) is 59.5 Å². The monoisotopic (exact) mass is 404 g/mol. The van der Waals surface area contributed by atoms with Crippen LogP contribution in [0.1, 0.15) is 18.9 Å². The lowest BCUT2D eigenvalue weighted by molar-refractivity contribution is -0.120. The number of thioether (sulfide) groups is 1. The molecule has 0 fully saturated rings. The summed E-state index contributed by atoms with van der Waals surface area (Å²) in [5.41, 5.74) is 2.88. The first kappa shape index (κ1) is 20.4. The van der Waals surface area contributed by atoms with Crippen LogP contribution in [0.3, 0.4) is 0 Å². The number of phenolic OH excluding ortho intramolecular Hbond substituents is 1. The standard InChI is InChI=1S/C21H22F2N2O2S/c1-14(20(27)24-17-4-8-19(9-5-17)28-21(22)23)25-12-10-16(11-13-25)15-2-6-18(26)7-3-15/h2-10,14,21,26H,11-13H2,1H3,(H,24,27)/t14-/m0/s1. The largest absolute Gasteiger partial charge is 0.508 e. The van der Waals surface area contributed by atoms with Gasteiger partial charge in [0.1, 0.15) is 5.75 Å². The van der Waals surface area contributed by atoms with Crippen LogP contribution in [0.25, 0.3) is 5.57 Å². The molecule has 0 bridgehead atoms. The molecule has 1 aliphatic rings. The van der Waals surface area contributed by atoms with Crippen molar-refractivity contribution in [3.8, 4) is 5.75 Å². The Bertz CT molecular complexity index is 838. The number of hydrogen-bond acceptors (Lipinski definition) is 4. The van der Waals surface area contributed by atoms with E-state index in [2.05, 4.69) is 16.3 Å². The number of hydrogen-bond donors (Lipinski definition) is 2. The first-order valence-electron chi connectivity index (χ1n) is 9.00. The van der Waals surface area contributed by atoms with Gasteiger partial charge in [0.25, 0.3) is 5.76 Å². The Balaban J connectivity index is 1.56. The summed E-state index contributed by atoms with van der Waals surface area (Å²) >= 11 is 0.480. The van der Waals surface area contributed by atoms with Gasteiger partial charge in [0.05, 0.1) is 6.04 Å². The van der Waals surface area contributed by atoms with Crippen LogP contribution in [0.2, 0.25) is 0 Å². The fraction of sp³-hybridized carbons (Fsp3) is 0.286. The summed E-state index contributed by atoms with van der Waals surface area (Å²) in [5.74, 6) is -2.34. The smallest absolute Gasteiger partial charge is 0.288 e. The van der Waals surface area contributed by atoms with E-state index in [1.807, 2.05) is 19.1 Å². The number of nitrogens with zero attached hydrogens (tertiary/aromatic N) is 1. The summed E-state index contributed by atoms with van der Waals surface area (Å²) in [6, 6.07) is 13.2. The van der Waals surface area contributed by atoms with Crippen molar-refractivity contribution in [3.05, 3.63) is 60.2 Å². The summed E-state index contributed by atoms with van der Waals surface area (Å²) in [6.07, 6.45) is 2.93. The molecule has 28 heavy (non-hydrogen) atoms. The summed E-state index contributed by atoms with van der Waals surface area (Å²) in [6.45, 7) is 3.27. The molecule has 0 radical (unpaired) electrons. The number of carbonyl (C=O) groups is 1. The van der Waals surface area contributed by atoms with Gasteiger partial charge >= 0.3 is 0 Å². The lowest BCUT2D eigenvalue weighted by Crippen LogP contribution is -2.44. The van der Waals surface area contributed by atoms with Gasteiger partial charge in [0.2, 0.25) is 5.91 Å². The van der Waals surface area contributed by atoms with Gasteiger partial charge in [0, 0.05) is 23.7 Å². The van der Waals surface area contributed by atoms with E-state index in [4.69, 9.17) is 0 Å². The molecule has 2 aromatic rings. The van der Waals surface area contributed by atoms with Crippen molar-refractivity contribution < 1.29 is 18.7 Å². The number of carbonyl (C=O) groups excluding carboxylic acids is 1. The van der Waals surface area contributed by atoms with Gasteiger partial charge in [-0.15, -0.1) is 0 Å². The molecule has 1 amide bonds. The van der Waals surface area contributed by atoms with Gasteiger partial charge < -0.3 is 10.4 Å². The highest BCUT2D eigenvalue weighted by Crippen LogP contribution is 2.27. The average Bonchev–Trinajstić information content (AvgIpc) is 2.69. The molecule has 0 saturated carbocycles. The third-order valence-electron chi connectivity index (χ3n) is 4.75. The van der Waals surface area contributed by atoms with Gasteiger partial charge in [-0.3, -0.25) is 9.69 Å². The Kier molecular flexibility index (Phi) is 6.70. The van der Waals surface area contributed by atoms with Gasteiger partial charge in [-0.1, -0.05) is 30.0 Å². The maximum absolute atomic E-state index is 12.5. The number of rotatable bonds is 6. The Morgan fingerprint density at radius 3 is 2.39 bits per heavy atom. The Hall–Kier alpha value is -2.38. The van der Waals surface area contributed by atoms with Crippen molar-refractivity contribution in [2.45, 2.75) is 30.0 Å². The number of amides is 1. The maximum Gasteiger partial charge on any atom is 0.288 e. The van der Waals surface area contributed by atoms with Crippen molar-refractivity contribution in [2.24, 2.45) is 0 Å². The van der Waals surface area contributed by atoms with Crippen LogP contribution in [0.5, 0.6) is 5.75 Å². The number of aromatic hydroxyl groups is 1. The number of nitrogens with one attached hydrogen (secondary N) is 1. The second-order valence-electron chi connectivity index (χ2n) is 6.59. The Morgan fingerprint density at radius 1 is 1.14 bits per heavy atom. The number of benzene rings is 2. The van der Waals surface area contributed by atoms with E-state index in [0.29, 0.717) is 28.9 Å². The molecule has 148 valence electrons. The van der Waals surface area contributed by atoms with E-state index in [1.165, 1.54) is 5.57 Å². The van der Waals surface area contributed by atoms with Crippen LogP contribution >= 0.6 is 11.8 Å². The zero-order valence-corrected chi connectivity index (χ0v) is 16.3. The Labute approximate surface area is 167 Å². The fourth-order valence-electron chi connectivity index (χ4n) is 3.11. The minimum atomic E-state index is -2.46. The first-order chi connectivity index (χ1) is 13.4. The van der Waals surface area contributed by atoms with E-state index in [-0.39, 0.29) is 17.7 Å². The van der Waals surface area contributed by atoms with Gasteiger partial charge in [-0.2, -0.15) is 8.78 Å². The highest BCUT2D eigenvalue weighted by atomic mass is 32.2. The third-order valence-corrected chi connectivity index (χ3v) is 5.48. The molecule has 0 aromatic heterocycles. The molecular formula is C21H22F2N2O2S. The van der Waals surface area contributed by atoms with Gasteiger partial charge in [-0.25, -0.2) is 0 Å². The second kappa shape index (κ2) is 9.21. The normalized spacial score (nSPS) is 15.9. The van der Waals surface area contributed by atoms with Crippen molar-refractivity contribution in [2.75, 3.05) is 18.4 Å². The van der Waals surface area contributed by atoms with Crippen LogP contribution in [-0.4, -0.2) is 40.8 Å². The quantitative estimate of drug-likeness (QED) is 0.678. The molecule has 7 heteroatoms. The minimum Gasteiger partial charge on any atom is -0.508 e. The zero-order chi connectivity index (χ0) is 20.1. The predicted molar refractivity (Wildman–Crippen MR) is 109 cm³/mol. The zero-order valence-electron chi connectivity index (χ0n) is 15.4. The number of anilines is 1. The summed E-state index contributed by atoms with van der Waals surface area (Å²) in [4.78, 5) is 15.1. The van der Waals surface area contributed by atoms with Gasteiger partial charge in [-0.05, 0) is 60.9 Å². The minimum absolute atomic E-state index is 0.129. The molecule has 1 atom stereocenters.